The predicted octanol–water partition coefficient (Wildman–Crippen LogP) is 2.73. The number of fused-ring (bicyclic) bond motifs is 1. The third-order valence-corrected chi connectivity index (χ3v) is 5.10. The summed E-state index contributed by atoms with van der Waals surface area (Å²) < 4.78 is 1.66. The summed E-state index contributed by atoms with van der Waals surface area (Å²) in [5.74, 6) is 0.774. The minimum Gasteiger partial charge on any atom is -0.395 e. The van der Waals surface area contributed by atoms with Gasteiger partial charge in [0.05, 0.1) is 30.1 Å². The van der Waals surface area contributed by atoms with Gasteiger partial charge in [-0.3, -0.25) is 14.3 Å². The van der Waals surface area contributed by atoms with Crippen LogP contribution in [0.15, 0.2) is 59.4 Å². The molecule has 1 fully saturated rings. The van der Waals surface area contributed by atoms with Gasteiger partial charge in [-0.2, -0.15) is 0 Å². The van der Waals surface area contributed by atoms with Crippen molar-refractivity contribution in [1.82, 2.24) is 14.5 Å². The second kappa shape index (κ2) is 7.40. The van der Waals surface area contributed by atoms with Crippen LogP contribution >= 0.6 is 0 Å². The number of aliphatic hydroxyl groups excluding tert-OH is 1. The van der Waals surface area contributed by atoms with Crippen LogP contribution in [0.5, 0.6) is 0 Å². The van der Waals surface area contributed by atoms with E-state index in [-0.39, 0.29) is 24.8 Å². The van der Waals surface area contributed by atoms with Crippen LogP contribution in [0.25, 0.3) is 10.9 Å². The second-order valence-corrected chi connectivity index (χ2v) is 6.78. The second-order valence-electron chi connectivity index (χ2n) is 6.78. The minimum absolute atomic E-state index is 0.0637. The van der Waals surface area contributed by atoms with E-state index < -0.39 is 0 Å². The first-order valence-electron chi connectivity index (χ1n) is 9.16. The van der Waals surface area contributed by atoms with E-state index >= 15 is 0 Å². The lowest BCUT2D eigenvalue weighted by Crippen LogP contribution is -2.32. The molecule has 0 bridgehead atoms. The van der Waals surface area contributed by atoms with Crippen molar-refractivity contribution in [3.05, 3.63) is 76.3 Å². The van der Waals surface area contributed by atoms with Gasteiger partial charge in [-0.15, -0.1) is 0 Å². The molecule has 0 saturated carbocycles. The Kier molecular flexibility index (Phi) is 4.82. The fourth-order valence-electron chi connectivity index (χ4n) is 3.88. The van der Waals surface area contributed by atoms with Crippen LogP contribution < -0.4 is 5.56 Å². The first-order valence-corrected chi connectivity index (χ1v) is 9.16. The Morgan fingerprint density at radius 3 is 2.65 bits per heavy atom. The molecule has 1 unspecified atom stereocenters. The van der Waals surface area contributed by atoms with Crippen LogP contribution in [0.3, 0.4) is 0 Å². The number of rotatable bonds is 5. The summed E-state index contributed by atoms with van der Waals surface area (Å²) in [6, 6.07) is 17.9. The average Bonchev–Trinajstić information content (AvgIpc) is 3.13. The van der Waals surface area contributed by atoms with Gasteiger partial charge in [0.1, 0.15) is 5.82 Å². The highest BCUT2D eigenvalue weighted by molar-refractivity contribution is 5.77. The fourth-order valence-corrected chi connectivity index (χ4v) is 3.88. The summed E-state index contributed by atoms with van der Waals surface area (Å²) in [4.78, 5) is 20.2. The van der Waals surface area contributed by atoms with Crippen molar-refractivity contribution >= 4 is 10.9 Å². The van der Waals surface area contributed by atoms with Gasteiger partial charge in [0.2, 0.25) is 0 Å². The van der Waals surface area contributed by atoms with Crippen LogP contribution in [-0.4, -0.2) is 32.7 Å². The zero-order chi connectivity index (χ0) is 17.9. The van der Waals surface area contributed by atoms with E-state index in [1.54, 1.807) is 10.6 Å². The predicted molar refractivity (Wildman–Crippen MR) is 102 cm³/mol. The first kappa shape index (κ1) is 16.9. The minimum atomic E-state index is -0.0711. The van der Waals surface area contributed by atoms with Crippen molar-refractivity contribution in [1.29, 1.82) is 0 Å². The van der Waals surface area contributed by atoms with Gasteiger partial charge in [0.15, 0.2) is 0 Å². The Hall–Kier alpha value is -2.50. The Morgan fingerprint density at radius 1 is 1.08 bits per heavy atom. The molecule has 1 N–H and O–H groups in total. The number of aliphatic hydroxyl groups is 1. The smallest absolute Gasteiger partial charge is 0.261 e. The highest BCUT2D eigenvalue weighted by Gasteiger charge is 2.30. The summed E-state index contributed by atoms with van der Waals surface area (Å²) in [5, 5.41) is 10.1. The standard InChI is InChI=1S/C21H23N3O2/c25-14-13-24-20(22-18-10-5-4-9-17(18)21(24)26)19-11-6-12-23(19)15-16-7-2-1-3-8-16/h1-5,7-10,19,25H,6,11-15H2. The molecule has 1 aliphatic rings. The molecule has 4 rings (SSSR count). The van der Waals surface area contributed by atoms with Gasteiger partial charge in [-0.25, -0.2) is 4.98 Å². The van der Waals surface area contributed by atoms with Gasteiger partial charge in [-0.05, 0) is 37.1 Å². The summed E-state index contributed by atoms with van der Waals surface area (Å²) in [5.41, 5.74) is 1.93. The molecule has 1 aliphatic heterocycles. The molecule has 1 saturated heterocycles. The van der Waals surface area contributed by atoms with Gasteiger partial charge in [0.25, 0.3) is 5.56 Å². The third-order valence-electron chi connectivity index (χ3n) is 5.10. The molecule has 1 atom stereocenters. The molecule has 26 heavy (non-hydrogen) atoms. The monoisotopic (exact) mass is 349 g/mol. The lowest BCUT2D eigenvalue weighted by Gasteiger charge is -2.26. The molecule has 0 spiro atoms. The average molecular weight is 349 g/mol. The SMILES string of the molecule is O=c1c2ccccc2nc(C2CCCN2Cc2ccccc2)n1CCO. The normalized spacial score (nSPS) is 17.8. The van der Waals surface area contributed by atoms with Crippen molar-refractivity contribution < 1.29 is 5.11 Å². The van der Waals surface area contributed by atoms with Crippen molar-refractivity contribution in [3.8, 4) is 0 Å². The molecule has 3 aromatic rings. The quantitative estimate of drug-likeness (QED) is 0.769. The van der Waals surface area contributed by atoms with E-state index in [4.69, 9.17) is 4.98 Å². The Morgan fingerprint density at radius 2 is 1.85 bits per heavy atom. The number of hydrogen-bond donors (Lipinski definition) is 1. The van der Waals surface area contributed by atoms with E-state index in [0.29, 0.717) is 5.39 Å². The van der Waals surface area contributed by atoms with Crippen molar-refractivity contribution in [2.24, 2.45) is 0 Å². The lowest BCUT2D eigenvalue weighted by molar-refractivity contribution is 0.223. The zero-order valence-corrected chi connectivity index (χ0v) is 14.7. The lowest BCUT2D eigenvalue weighted by atomic mass is 10.1. The van der Waals surface area contributed by atoms with E-state index in [9.17, 15) is 9.90 Å². The van der Waals surface area contributed by atoms with Crippen molar-refractivity contribution in [3.63, 3.8) is 0 Å². The molecule has 0 amide bonds. The summed E-state index contributed by atoms with van der Waals surface area (Å²) in [6.07, 6.45) is 2.06. The van der Waals surface area contributed by atoms with Gasteiger partial charge < -0.3 is 5.11 Å². The third kappa shape index (κ3) is 3.16. The van der Waals surface area contributed by atoms with E-state index in [1.165, 1.54) is 5.56 Å². The van der Waals surface area contributed by atoms with Crippen LogP contribution in [0.4, 0.5) is 0 Å². The Labute approximate surface area is 152 Å². The molecule has 0 aliphatic carbocycles. The molecule has 2 aromatic carbocycles. The number of hydrogen-bond acceptors (Lipinski definition) is 4. The molecular formula is C21H23N3O2. The van der Waals surface area contributed by atoms with Crippen LogP contribution in [0, 0.1) is 0 Å². The van der Waals surface area contributed by atoms with E-state index in [0.717, 1.165) is 37.3 Å². The highest BCUT2D eigenvalue weighted by Crippen LogP contribution is 2.32. The summed E-state index contributed by atoms with van der Waals surface area (Å²) in [7, 11) is 0. The molecule has 1 aromatic heterocycles. The van der Waals surface area contributed by atoms with Crippen molar-refractivity contribution in [2.75, 3.05) is 13.2 Å². The van der Waals surface area contributed by atoms with Crippen molar-refractivity contribution in [2.45, 2.75) is 32.0 Å². The molecule has 5 nitrogen and oxygen atoms in total. The number of likely N-dealkylation sites (tertiary alicyclic amines) is 1. The number of benzene rings is 2. The van der Waals surface area contributed by atoms with E-state index in [1.807, 2.05) is 24.3 Å². The fraction of sp³-hybridized carbons (Fsp3) is 0.333. The number of nitrogens with zero attached hydrogens (tertiary/aromatic N) is 3. The largest absolute Gasteiger partial charge is 0.395 e. The topological polar surface area (TPSA) is 58.4 Å². The van der Waals surface area contributed by atoms with Crippen LogP contribution in [0.1, 0.15) is 30.3 Å². The molecule has 2 heterocycles. The highest BCUT2D eigenvalue weighted by atomic mass is 16.3. The Bertz CT molecular complexity index is 952. The maximum absolute atomic E-state index is 13.0. The summed E-state index contributed by atoms with van der Waals surface area (Å²) in [6.45, 7) is 2.04. The molecule has 134 valence electrons. The van der Waals surface area contributed by atoms with Gasteiger partial charge in [0, 0.05) is 6.54 Å². The maximum Gasteiger partial charge on any atom is 0.261 e. The Balaban J connectivity index is 1.76. The van der Waals surface area contributed by atoms with Crippen LogP contribution in [-0.2, 0) is 13.1 Å². The molecule has 5 heteroatoms. The number of para-hydroxylation sites is 1. The van der Waals surface area contributed by atoms with E-state index in [2.05, 4.69) is 29.2 Å². The van der Waals surface area contributed by atoms with Gasteiger partial charge >= 0.3 is 0 Å². The van der Waals surface area contributed by atoms with Gasteiger partial charge in [-0.1, -0.05) is 42.5 Å². The number of aromatic nitrogens is 2. The molecular weight excluding hydrogens is 326 g/mol. The zero-order valence-electron chi connectivity index (χ0n) is 14.7. The maximum atomic E-state index is 13.0. The summed E-state index contributed by atoms with van der Waals surface area (Å²) >= 11 is 0. The first-order chi connectivity index (χ1) is 12.8. The molecule has 0 radical (unpaired) electrons. The van der Waals surface area contributed by atoms with Crippen LogP contribution in [0.2, 0.25) is 0 Å².